The number of hydrogen-bond acceptors (Lipinski definition) is 2. The fraction of sp³-hybridized carbons (Fsp3) is 1.00. The van der Waals surface area contributed by atoms with E-state index < -0.39 is 0 Å². The Bertz CT molecular complexity index is 106. The first kappa shape index (κ1) is 6.99. The highest BCUT2D eigenvalue weighted by Gasteiger charge is 2.24. The molecule has 0 aliphatic carbocycles. The molecule has 1 nitrogen and oxygen atoms in total. The molecule has 10 heavy (non-hydrogen) atoms. The van der Waals surface area contributed by atoms with E-state index in [1.807, 2.05) is 0 Å². The van der Waals surface area contributed by atoms with E-state index in [2.05, 4.69) is 17.1 Å². The molecule has 0 spiro atoms. The van der Waals surface area contributed by atoms with Crippen LogP contribution in [0.3, 0.4) is 0 Å². The summed E-state index contributed by atoms with van der Waals surface area (Å²) in [4.78, 5) is 0. The lowest BCUT2D eigenvalue weighted by Gasteiger charge is -2.27. The maximum absolute atomic E-state index is 3.42. The van der Waals surface area contributed by atoms with Crippen molar-refractivity contribution in [2.45, 2.75) is 12.8 Å². The van der Waals surface area contributed by atoms with Crippen molar-refractivity contribution in [1.29, 1.82) is 0 Å². The van der Waals surface area contributed by atoms with Crippen LogP contribution in [0.5, 0.6) is 0 Å². The smallest absolute Gasteiger partial charge is 0.00199 e. The lowest BCUT2D eigenvalue weighted by atomic mass is 9.96. The highest BCUT2D eigenvalue weighted by molar-refractivity contribution is 8.00. The Hall–Kier alpha value is 0.310. The standard InChI is InChI=1S/C8H15NS/c1-2-9-4-7(1)3-8-5-10-6-8/h7-9H,1-6H2. The first-order valence-electron chi connectivity index (χ1n) is 4.23. The van der Waals surface area contributed by atoms with Gasteiger partial charge in [-0.2, -0.15) is 11.8 Å². The van der Waals surface area contributed by atoms with E-state index in [0.717, 1.165) is 11.8 Å². The van der Waals surface area contributed by atoms with Gasteiger partial charge in [0.25, 0.3) is 0 Å². The van der Waals surface area contributed by atoms with Gasteiger partial charge in [-0.1, -0.05) is 0 Å². The first-order valence-corrected chi connectivity index (χ1v) is 5.39. The van der Waals surface area contributed by atoms with Gasteiger partial charge in [-0.05, 0) is 49.3 Å². The van der Waals surface area contributed by atoms with E-state index >= 15 is 0 Å². The number of rotatable bonds is 2. The molecular weight excluding hydrogens is 142 g/mol. The normalized spacial score (nSPS) is 34.2. The number of hydrogen-bond donors (Lipinski definition) is 1. The summed E-state index contributed by atoms with van der Waals surface area (Å²) >= 11 is 2.11. The predicted molar refractivity (Wildman–Crippen MR) is 46.4 cm³/mol. The zero-order valence-electron chi connectivity index (χ0n) is 6.31. The molecule has 2 fully saturated rings. The molecule has 2 aliphatic heterocycles. The average Bonchev–Trinajstić information content (AvgIpc) is 2.29. The Balaban J connectivity index is 1.68. The van der Waals surface area contributed by atoms with E-state index in [9.17, 15) is 0 Å². The van der Waals surface area contributed by atoms with Crippen LogP contribution in [0.2, 0.25) is 0 Å². The Morgan fingerprint density at radius 2 is 2.20 bits per heavy atom. The predicted octanol–water partition coefficient (Wildman–Crippen LogP) is 1.35. The SMILES string of the molecule is C1CC(CC2CSC2)CN1. The summed E-state index contributed by atoms with van der Waals surface area (Å²) in [5, 5.41) is 3.42. The third kappa shape index (κ3) is 1.48. The quantitative estimate of drug-likeness (QED) is 0.649. The van der Waals surface area contributed by atoms with Gasteiger partial charge in [-0.15, -0.1) is 0 Å². The van der Waals surface area contributed by atoms with E-state index in [4.69, 9.17) is 0 Å². The monoisotopic (exact) mass is 157 g/mol. The number of thioether (sulfide) groups is 1. The van der Waals surface area contributed by atoms with Gasteiger partial charge in [0, 0.05) is 0 Å². The van der Waals surface area contributed by atoms with Crippen molar-refractivity contribution in [2.24, 2.45) is 11.8 Å². The van der Waals surface area contributed by atoms with Gasteiger partial charge in [0.2, 0.25) is 0 Å². The second-order valence-electron chi connectivity index (χ2n) is 3.50. The first-order chi connectivity index (χ1) is 4.95. The Morgan fingerprint density at radius 3 is 2.70 bits per heavy atom. The van der Waals surface area contributed by atoms with Crippen LogP contribution in [0.15, 0.2) is 0 Å². The Kier molecular flexibility index (Phi) is 2.19. The van der Waals surface area contributed by atoms with Gasteiger partial charge in [-0.25, -0.2) is 0 Å². The molecule has 0 radical (unpaired) electrons. The molecule has 0 aromatic rings. The molecule has 0 amide bonds. The fourth-order valence-electron chi connectivity index (χ4n) is 1.81. The largest absolute Gasteiger partial charge is 0.316 e. The van der Waals surface area contributed by atoms with Crippen molar-refractivity contribution in [1.82, 2.24) is 5.32 Å². The van der Waals surface area contributed by atoms with Crippen molar-refractivity contribution in [2.75, 3.05) is 24.6 Å². The van der Waals surface area contributed by atoms with Crippen molar-refractivity contribution < 1.29 is 0 Å². The summed E-state index contributed by atoms with van der Waals surface area (Å²) in [6.07, 6.45) is 2.93. The maximum Gasteiger partial charge on any atom is -0.00199 e. The van der Waals surface area contributed by atoms with Gasteiger partial charge >= 0.3 is 0 Å². The fourth-order valence-corrected chi connectivity index (χ4v) is 2.65. The number of nitrogens with one attached hydrogen (secondary N) is 1. The molecule has 1 unspecified atom stereocenters. The third-order valence-corrected chi connectivity index (χ3v) is 3.95. The molecule has 2 aliphatic rings. The Morgan fingerprint density at radius 1 is 1.30 bits per heavy atom. The van der Waals surface area contributed by atoms with Gasteiger partial charge in [0.15, 0.2) is 0 Å². The minimum absolute atomic E-state index is 1.02. The van der Waals surface area contributed by atoms with Crippen LogP contribution in [-0.4, -0.2) is 24.6 Å². The van der Waals surface area contributed by atoms with Crippen LogP contribution in [0.1, 0.15) is 12.8 Å². The molecule has 2 heterocycles. The van der Waals surface area contributed by atoms with Crippen molar-refractivity contribution >= 4 is 11.8 Å². The molecule has 2 rings (SSSR count). The molecule has 58 valence electrons. The summed E-state index contributed by atoms with van der Waals surface area (Å²) in [6.45, 7) is 2.56. The summed E-state index contributed by atoms with van der Waals surface area (Å²) < 4.78 is 0. The summed E-state index contributed by atoms with van der Waals surface area (Å²) in [5.74, 6) is 4.98. The van der Waals surface area contributed by atoms with Gasteiger partial charge < -0.3 is 5.32 Å². The summed E-state index contributed by atoms with van der Waals surface area (Å²) in [7, 11) is 0. The van der Waals surface area contributed by atoms with Crippen molar-refractivity contribution in [3.63, 3.8) is 0 Å². The Labute approximate surface area is 67.0 Å². The molecule has 2 saturated heterocycles. The van der Waals surface area contributed by atoms with Crippen LogP contribution in [0.4, 0.5) is 0 Å². The van der Waals surface area contributed by atoms with Crippen molar-refractivity contribution in [3.05, 3.63) is 0 Å². The van der Waals surface area contributed by atoms with Gasteiger partial charge in [-0.3, -0.25) is 0 Å². The highest BCUT2D eigenvalue weighted by Crippen LogP contribution is 2.31. The summed E-state index contributed by atoms with van der Waals surface area (Å²) in [6, 6.07) is 0. The van der Waals surface area contributed by atoms with Gasteiger partial charge in [0.1, 0.15) is 0 Å². The second-order valence-corrected chi connectivity index (χ2v) is 4.57. The van der Waals surface area contributed by atoms with Crippen LogP contribution in [0.25, 0.3) is 0 Å². The zero-order chi connectivity index (χ0) is 6.81. The van der Waals surface area contributed by atoms with E-state index in [1.54, 1.807) is 0 Å². The third-order valence-electron chi connectivity index (χ3n) is 2.54. The van der Waals surface area contributed by atoms with Crippen molar-refractivity contribution in [3.8, 4) is 0 Å². The topological polar surface area (TPSA) is 12.0 Å². The molecule has 1 atom stereocenters. The average molecular weight is 157 g/mol. The molecule has 1 N–H and O–H groups in total. The van der Waals surface area contributed by atoms with E-state index in [1.165, 1.54) is 37.4 Å². The molecular formula is C8H15NS. The highest BCUT2D eigenvalue weighted by atomic mass is 32.2. The second kappa shape index (κ2) is 3.14. The minimum atomic E-state index is 1.02. The molecule has 0 bridgehead atoms. The van der Waals surface area contributed by atoms with Crippen LogP contribution in [-0.2, 0) is 0 Å². The van der Waals surface area contributed by atoms with Crippen LogP contribution >= 0.6 is 11.8 Å². The molecule has 0 saturated carbocycles. The lowest BCUT2D eigenvalue weighted by Crippen LogP contribution is -2.22. The van der Waals surface area contributed by atoms with Gasteiger partial charge in [0.05, 0.1) is 0 Å². The van der Waals surface area contributed by atoms with Crippen LogP contribution < -0.4 is 5.32 Å². The molecule has 2 heteroatoms. The maximum atomic E-state index is 3.42. The zero-order valence-corrected chi connectivity index (χ0v) is 7.12. The van der Waals surface area contributed by atoms with E-state index in [0.29, 0.717) is 0 Å². The molecule has 0 aromatic heterocycles. The summed E-state index contributed by atoms with van der Waals surface area (Å²) in [5.41, 5.74) is 0. The van der Waals surface area contributed by atoms with E-state index in [-0.39, 0.29) is 0 Å². The minimum Gasteiger partial charge on any atom is -0.316 e. The van der Waals surface area contributed by atoms with Crippen LogP contribution in [0, 0.1) is 11.8 Å². The molecule has 0 aromatic carbocycles. The lowest BCUT2D eigenvalue weighted by molar-refractivity contribution is 0.435.